The van der Waals surface area contributed by atoms with Gasteiger partial charge in [-0.2, -0.15) is 0 Å². The molecule has 0 unspecified atom stereocenters. The van der Waals surface area contributed by atoms with Crippen LogP contribution in [0.25, 0.3) is 0 Å². The fraction of sp³-hybridized carbons (Fsp3) is 0.600. The van der Waals surface area contributed by atoms with E-state index in [9.17, 15) is 0 Å². The summed E-state index contributed by atoms with van der Waals surface area (Å²) >= 11 is 0. The van der Waals surface area contributed by atoms with E-state index in [4.69, 9.17) is 5.73 Å². The largest absolute Gasteiger partial charge is 0.372 e. The van der Waals surface area contributed by atoms with E-state index in [2.05, 4.69) is 43.0 Å². The molecule has 1 aromatic rings. The quantitative estimate of drug-likeness (QED) is 0.745. The zero-order valence-corrected chi connectivity index (χ0v) is 11.3. The zero-order chi connectivity index (χ0) is 12.5. The lowest BCUT2D eigenvalue weighted by Gasteiger charge is -2.24. The average molecular weight is 234 g/mol. The van der Waals surface area contributed by atoms with E-state index in [1.807, 2.05) is 0 Å². The third-order valence-electron chi connectivity index (χ3n) is 3.10. The Labute approximate surface area is 106 Å². The molecule has 0 atom stereocenters. The molecule has 0 saturated heterocycles. The van der Waals surface area contributed by atoms with Crippen LogP contribution in [0.4, 0.5) is 5.69 Å². The molecular weight excluding hydrogens is 208 g/mol. The maximum Gasteiger partial charge on any atom is 0.0366 e. The van der Waals surface area contributed by atoms with Crippen LogP contribution in [0.15, 0.2) is 24.3 Å². The van der Waals surface area contributed by atoms with Gasteiger partial charge in [0.1, 0.15) is 0 Å². The second-order valence-corrected chi connectivity index (χ2v) is 4.56. The number of benzene rings is 1. The number of nitrogens with zero attached hydrogens (tertiary/aromatic N) is 1. The molecule has 2 heteroatoms. The highest BCUT2D eigenvalue weighted by molar-refractivity contribution is 5.47. The van der Waals surface area contributed by atoms with Crippen molar-refractivity contribution >= 4 is 5.69 Å². The van der Waals surface area contributed by atoms with Gasteiger partial charge in [0.2, 0.25) is 0 Å². The number of rotatable bonds is 8. The molecular formula is C15H26N2. The fourth-order valence-electron chi connectivity index (χ4n) is 1.91. The maximum atomic E-state index is 5.62. The summed E-state index contributed by atoms with van der Waals surface area (Å²) in [5, 5.41) is 0. The normalized spacial score (nSPS) is 10.5. The SMILES string of the molecule is CCCCN(CCCC)c1ccc(CN)cc1. The molecule has 0 heterocycles. The van der Waals surface area contributed by atoms with Crippen molar-refractivity contribution in [3.8, 4) is 0 Å². The lowest BCUT2D eigenvalue weighted by atomic mass is 10.1. The van der Waals surface area contributed by atoms with Crippen molar-refractivity contribution < 1.29 is 0 Å². The molecule has 1 rings (SSSR count). The number of hydrogen-bond acceptors (Lipinski definition) is 2. The number of hydrogen-bond donors (Lipinski definition) is 1. The lowest BCUT2D eigenvalue weighted by molar-refractivity contribution is 0.678. The maximum absolute atomic E-state index is 5.62. The first-order valence-corrected chi connectivity index (χ1v) is 6.85. The summed E-state index contributed by atoms with van der Waals surface area (Å²) < 4.78 is 0. The van der Waals surface area contributed by atoms with E-state index in [1.165, 1.54) is 50.0 Å². The molecule has 0 aromatic heterocycles. The summed E-state index contributed by atoms with van der Waals surface area (Å²) in [5.41, 5.74) is 8.17. The summed E-state index contributed by atoms with van der Waals surface area (Å²) in [5.74, 6) is 0. The predicted molar refractivity (Wildman–Crippen MR) is 76.4 cm³/mol. The van der Waals surface area contributed by atoms with Crippen LogP contribution in [0.3, 0.4) is 0 Å². The van der Waals surface area contributed by atoms with Gasteiger partial charge in [-0.15, -0.1) is 0 Å². The van der Waals surface area contributed by atoms with Gasteiger partial charge in [-0.05, 0) is 30.5 Å². The monoisotopic (exact) mass is 234 g/mol. The Bertz CT molecular complexity index is 284. The van der Waals surface area contributed by atoms with Gasteiger partial charge in [0.05, 0.1) is 0 Å². The van der Waals surface area contributed by atoms with E-state index in [1.54, 1.807) is 0 Å². The van der Waals surface area contributed by atoms with E-state index in [0.29, 0.717) is 6.54 Å². The molecule has 0 aliphatic rings. The number of nitrogens with two attached hydrogens (primary N) is 1. The van der Waals surface area contributed by atoms with Crippen LogP contribution in [0.5, 0.6) is 0 Å². The van der Waals surface area contributed by atoms with Gasteiger partial charge >= 0.3 is 0 Å². The number of unbranched alkanes of at least 4 members (excludes halogenated alkanes) is 2. The Kier molecular flexibility index (Phi) is 6.71. The van der Waals surface area contributed by atoms with Crippen LogP contribution in [0.1, 0.15) is 45.1 Å². The summed E-state index contributed by atoms with van der Waals surface area (Å²) in [6, 6.07) is 8.68. The Balaban J connectivity index is 2.65. The molecule has 0 bridgehead atoms. The molecule has 2 nitrogen and oxygen atoms in total. The molecule has 0 spiro atoms. The highest BCUT2D eigenvalue weighted by atomic mass is 15.1. The second-order valence-electron chi connectivity index (χ2n) is 4.56. The Morgan fingerprint density at radius 2 is 1.47 bits per heavy atom. The third-order valence-corrected chi connectivity index (χ3v) is 3.10. The first kappa shape index (κ1) is 14.0. The fourth-order valence-corrected chi connectivity index (χ4v) is 1.91. The first-order valence-electron chi connectivity index (χ1n) is 6.85. The van der Waals surface area contributed by atoms with Crippen molar-refractivity contribution in [2.24, 2.45) is 5.73 Å². The minimum atomic E-state index is 0.629. The van der Waals surface area contributed by atoms with Gasteiger partial charge in [-0.1, -0.05) is 38.8 Å². The summed E-state index contributed by atoms with van der Waals surface area (Å²) in [4.78, 5) is 2.49. The zero-order valence-electron chi connectivity index (χ0n) is 11.3. The van der Waals surface area contributed by atoms with Crippen LogP contribution in [0, 0.1) is 0 Å². The summed E-state index contributed by atoms with van der Waals surface area (Å²) in [7, 11) is 0. The summed E-state index contributed by atoms with van der Waals surface area (Å²) in [6.45, 7) is 7.45. The highest BCUT2D eigenvalue weighted by Gasteiger charge is 2.04. The Morgan fingerprint density at radius 1 is 0.941 bits per heavy atom. The van der Waals surface area contributed by atoms with Crippen molar-refractivity contribution in [3.63, 3.8) is 0 Å². The van der Waals surface area contributed by atoms with Crippen molar-refractivity contribution in [2.45, 2.75) is 46.1 Å². The van der Waals surface area contributed by atoms with Gasteiger partial charge < -0.3 is 10.6 Å². The van der Waals surface area contributed by atoms with E-state index >= 15 is 0 Å². The highest BCUT2D eigenvalue weighted by Crippen LogP contribution is 2.16. The second kappa shape index (κ2) is 8.13. The van der Waals surface area contributed by atoms with Gasteiger partial charge in [-0.25, -0.2) is 0 Å². The average Bonchev–Trinajstić information content (AvgIpc) is 2.39. The van der Waals surface area contributed by atoms with Crippen LogP contribution in [-0.4, -0.2) is 13.1 Å². The van der Waals surface area contributed by atoms with Crippen LogP contribution in [0.2, 0.25) is 0 Å². The van der Waals surface area contributed by atoms with Crippen molar-refractivity contribution in [3.05, 3.63) is 29.8 Å². The smallest absolute Gasteiger partial charge is 0.0366 e. The molecule has 0 fully saturated rings. The lowest BCUT2D eigenvalue weighted by Crippen LogP contribution is -2.25. The molecule has 0 radical (unpaired) electrons. The molecule has 1 aromatic carbocycles. The third kappa shape index (κ3) is 4.78. The molecule has 17 heavy (non-hydrogen) atoms. The van der Waals surface area contributed by atoms with Gasteiger partial charge in [0.25, 0.3) is 0 Å². The van der Waals surface area contributed by atoms with Crippen molar-refractivity contribution in [1.29, 1.82) is 0 Å². The molecule has 2 N–H and O–H groups in total. The van der Waals surface area contributed by atoms with Gasteiger partial charge in [0, 0.05) is 25.3 Å². The predicted octanol–water partition coefficient (Wildman–Crippen LogP) is 3.55. The molecule has 96 valence electrons. The van der Waals surface area contributed by atoms with Crippen LogP contribution >= 0.6 is 0 Å². The van der Waals surface area contributed by atoms with Crippen LogP contribution in [-0.2, 0) is 6.54 Å². The minimum Gasteiger partial charge on any atom is -0.372 e. The minimum absolute atomic E-state index is 0.629. The van der Waals surface area contributed by atoms with Gasteiger partial charge in [-0.3, -0.25) is 0 Å². The van der Waals surface area contributed by atoms with Crippen molar-refractivity contribution in [2.75, 3.05) is 18.0 Å². The molecule has 0 aliphatic heterocycles. The van der Waals surface area contributed by atoms with Crippen molar-refractivity contribution in [1.82, 2.24) is 0 Å². The molecule has 0 amide bonds. The van der Waals surface area contributed by atoms with E-state index in [-0.39, 0.29) is 0 Å². The standard InChI is InChI=1S/C15H26N2/c1-3-5-11-17(12-6-4-2)15-9-7-14(13-16)8-10-15/h7-10H,3-6,11-13,16H2,1-2H3. The molecule has 0 saturated carbocycles. The van der Waals surface area contributed by atoms with Gasteiger partial charge in [0.15, 0.2) is 0 Å². The summed E-state index contributed by atoms with van der Waals surface area (Å²) in [6.07, 6.45) is 5.04. The van der Waals surface area contributed by atoms with E-state index < -0.39 is 0 Å². The molecule has 0 aliphatic carbocycles. The van der Waals surface area contributed by atoms with E-state index in [0.717, 1.165) is 0 Å². The topological polar surface area (TPSA) is 29.3 Å². The van der Waals surface area contributed by atoms with Crippen LogP contribution < -0.4 is 10.6 Å². The Hall–Kier alpha value is -1.02. The number of anilines is 1. The Morgan fingerprint density at radius 3 is 1.88 bits per heavy atom. The first-order chi connectivity index (χ1) is 8.31.